The molecule has 0 fully saturated rings. The maximum atomic E-state index is 11.1. The Kier molecular flexibility index (Phi) is 4.80. The van der Waals surface area contributed by atoms with Gasteiger partial charge in [0.05, 0.1) is 16.6 Å². The highest BCUT2D eigenvalue weighted by molar-refractivity contribution is 7.98. The zero-order valence-electron chi connectivity index (χ0n) is 11.5. The van der Waals surface area contributed by atoms with E-state index in [-0.39, 0.29) is 16.2 Å². The number of hydrogen-bond acceptors (Lipinski definition) is 7. The maximum absolute atomic E-state index is 11.1. The SMILES string of the molecule is CSc1nc(Cl)c([N+](=O)[O-])c(Oc2ccc(C#N)c(C)c2)n1. The van der Waals surface area contributed by atoms with Crippen molar-refractivity contribution >= 4 is 29.1 Å². The van der Waals surface area contributed by atoms with Crippen LogP contribution in [-0.2, 0) is 0 Å². The van der Waals surface area contributed by atoms with E-state index in [4.69, 9.17) is 21.6 Å². The zero-order chi connectivity index (χ0) is 16.3. The Balaban J connectivity index is 2.48. The summed E-state index contributed by atoms with van der Waals surface area (Å²) in [7, 11) is 0. The van der Waals surface area contributed by atoms with Crippen molar-refractivity contribution in [2.24, 2.45) is 0 Å². The van der Waals surface area contributed by atoms with Crippen molar-refractivity contribution in [3.63, 3.8) is 0 Å². The molecule has 0 amide bonds. The highest BCUT2D eigenvalue weighted by Crippen LogP contribution is 2.36. The van der Waals surface area contributed by atoms with Crippen LogP contribution in [0.5, 0.6) is 11.6 Å². The number of nitrogens with zero attached hydrogens (tertiary/aromatic N) is 4. The van der Waals surface area contributed by atoms with Crippen LogP contribution in [0, 0.1) is 28.4 Å². The lowest BCUT2D eigenvalue weighted by atomic mass is 10.1. The van der Waals surface area contributed by atoms with Crippen LogP contribution >= 0.6 is 23.4 Å². The summed E-state index contributed by atoms with van der Waals surface area (Å²) in [5.74, 6) is 0.0832. The fourth-order valence-electron chi connectivity index (χ4n) is 1.64. The quantitative estimate of drug-likeness (QED) is 0.275. The van der Waals surface area contributed by atoms with E-state index in [2.05, 4.69) is 9.97 Å². The van der Waals surface area contributed by atoms with E-state index in [0.29, 0.717) is 16.9 Å². The number of benzene rings is 1. The van der Waals surface area contributed by atoms with Gasteiger partial charge in [-0.3, -0.25) is 10.1 Å². The van der Waals surface area contributed by atoms with Gasteiger partial charge in [0.25, 0.3) is 0 Å². The smallest absolute Gasteiger partial charge is 0.368 e. The number of aryl methyl sites for hydroxylation is 1. The second kappa shape index (κ2) is 6.60. The van der Waals surface area contributed by atoms with Crippen LogP contribution in [0.1, 0.15) is 11.1 Å². The van der Waals surface area contributed by atoms with E-state index >= 15 is 0 Å². The van der Waals surface area contributed by atoms with E-state index < -0.39 is 10.6 Å². The predicted octanol–water partition coefficient (Wildman–Crippen LogP) is 3.73. The number of hydrogen-bond donors (Lipinski definition) is 0. The standard InChI is InChI=1S/C13H9ClN4O3S/c1-7-5-9(4-3-8(7)6-15)21-12-10(18(19)20)11(14)16-13(17-12)22-2/h3-5H,1-2H3. The highest BCUT2D eigenvalue weighted by atomic mass is 35.5. The zero-order valence-corrected chi connectivity index (χ0v) is 13.1. The molecule has 0 aliphatic carbocycles. The maximum Gasteiger partial charge on any atom is 0.368 e. The van der Waals surface area contributed by atoms with Crippen molar-refractivity contribution in [3.05, 3.63) is 44.6 Å². The molecule has 0 saturated heterocycles. The molecule has 0 atom stereocenters. The monoisotopic (exact) mass is 336 g/mol. The predicted molar refractivity (Wildman–Crippen MR) is 81.4 cm³/mol. The largest absolute Gasteiger partial charge is 0.434 e. The third-order valence-electron chi connectivity index (χ3n) is 2.69. The van der Waals surface area contributed by atoms with Gasteiger partial charge in [-0.1, -0.05) is 23.4 Å². The molecule has 0 bridgehead atoms. The summed E-state index contributed by atoms with van der Waals surface area (Å²) >= 11 is 7.01. The molecule has 0 saturated carbocycles. The van der Waals surface area contributed by atoms with Crippen LogP contribution in [0.25, 0.3) is 0 Å². The molecular formula is C13H9ClN4O3S. The Morgan fingerprint density at radius 2 is 2.18 bits per heavy atom. The summed E-state index contributed by atoms with van der Waals surface area (Å²) in [6.07, 6.45) is 1.72. The van der Waals surface area contributed by atoms with Crippen molar-refractivity contribution in [1.82, 2.24) is 9.97 Å². The Morgan fingerprint density at radius 3 is 2.73 bits per heavy atom. The normalized spacial score (nSPS) is 10.1. The van der Waals surface area contributed by atoms with Crippen molar-refractivity contribution in [1.29, 1.82) is 5.26 Å². The van der Waals surface area contributed by atoms with Crippen LogP contribution in [0.4, 0.5) is 5.69 Å². The molecule has 0 aliphatic rings. The van der Waals surface area contributed by atoms with Crippen molar-refractivity contribution in [2.75, 3.05) is 6.26 Å². The lowest BCUT2D eigenvalue weighted by molar-refractivity contribution is -0.386. The number of rotatable bonds is 4. The summed E-state index contributed by atoms with van der Waals surface area (Å²) in [5, 5.41) is 20.0. The number of halogens is 1. The first-order chi connectivity index (χ1) is 10.5. The Hall–Kier alpha value is -2.37. The first-order valence-corrected chi connectivity index (χ1v) is 7.51. The van der Waals surface area contributed by atoms with Crippen LogP contribution in [0.3, 0.4) is 0 Å². The van der Waals surface area contributed by atoms with Crippen molar-refractivity contribution < 1.29 is 9.66 Å². The average molecular weight is 337 g/mol. The highest BCUT2D eigenvalue weighted by Gasteiger charge is 2.25. The van der Waals surface area contributed by atoms with Crippen LogP contribution < -0.4 is 4.74 Å². The molecule has 0 spiro atoms. The molecule has 1 aromatic heterocycles. The van der Waals surface area contributed by atoms with Crippen LogP contribution in [0.2, 0.25) is 5.15 Å². The number of nitro groups is 1. The second-order valence-electron chi connectivity index (χ2n) is 4.10. The van der Waals surface area contributed by atoms with E-state index in [9.17, 15) is 10.1 Å². The van der Waals surface area contributed by atoms with Gasteiger partial charge in [-0.25, -0.2) is 4.98 Å². The molecule has 0 unspecified atom stereocenters. The summed E-state index contributed by atoms with van der Waals surface area (Å²) in [4.78, 5) is 18.2. The number of aromatic nitrogens is 2. The van der Waals surface area contributed by atoms with Gasteiger partial charge in [0.2, 0.25) is 5.15 Å². The summed E-state index contributed by atoms with van der Waals surface area (Å²) < 4.78 is 5.47. The van der Waals surface area contributed by atoms with Crippen LogP contribution in [0.15, 0.2) is 23.4 Å². The third kappa shape index (κ3) is 3.27. The van der Waals surface area contributed by atoms with E-state index in [0.717, 1.165) is 0 Å². The topological polar surface area (TPSA) is 102 Å². The molecule has 9 heteroatoms. The van der Waals surface area contributed by atoms with Gasteiger partial charge in [-0.15, -0.1) is 0 Å². The van der Waals surface area contributed by atoms with Gasteiger partial charge in [0.1, 0.15) is 5.75 Å². The lowest BCUT2D eigenvalue weighted by Gasteiger charge is -2.08. The number of ether oxygens (including phenoxy) is 1. The minimum Gasteiger partial charge on any atom is -0.434 e. The molecule has 0 radical (unpaired) electrons. The van der Waals surface area contributed by atoms with E-state index in [1.165, 1.54) is 17.8 Å². The minimum absolute atomic E-state index is 0.238. The fourth-order valence-corrected chi connectivity index (χ4v) is 2.28. The summed E-state index contributed by atoms with van der Waals surface area (Å²) in [6.45, 7) is 1.74. The summed E-state index contributed by atoms with van der Waals surface area (Å²) in [5.41, 5.74) is 0.682. The molecule has 1 aromatic carbocycles. The van der Waals surface area contributed by atoms with Crippen LogP contribution in [-0.4, -0.2) is 21.1 Å². The van der Waals surface area contributed by atoms with Crippen molar-refractivity contribution in [3.8, 4) is 17.7 Å². The van der Waals surface area contributed by atoms with Gasteiger partial charge >= 0.3 is 11.6 Å². The van der Waals surface area contributed by atoms with Crippen molar-refractivity contribution in [2.45, 2.75) is 12.1 Å². The molecule has 112 valence electrons. The molecule has 1 heterocycles. The third-order valence-corrected chi connectivity index (χ3v) is 3.50. The molecule has 2 aromatic rings. The Morgan fingerprint density at radius 1 is 1.45 bits per heavy atom. The Bertz CT molecular complexity index is 792. The van der Waals surface area contributed by atoms with Gasteiger partial charge in [-0.05, 0) is 36.9 Å². The van der Waals surface area contributed by atoms with Gasteiger partial charge in [0.15, 0.2) is 5.16 Å². The molecule has 0 aliphatic heterocycles. The Labute approximate surface area is 135 Å². The van der Waals surface area contributed by atoms with Gasteiger partial charge in [0, 0.05) is 0 Å². The van der Waals surface area contributed by atoms with E-state index in [1.807, 2.05) is 6.07 Å². The number of thioether (sulfide) groups is 1. The van der Waals surface area contributed by atoms with Gasteiger partial charge in [-0.2, -0.15) is 10.2 Å². The second-order valence-corrected chi connectivity index (χ2v) is 5.23. The lowest BCUT2D eigenvalue weighted by Crippen LogP contribution is -2.01. The number of nitriles is 1. The van der Waals surface area contributed by atoms with Gasteiger partial charge < -0.3 is 4.74 Å². The molecular weight excluding hydrogens is 328 g/mol. The average Bonchev–Trinajstić information content (AvgIpc) is 2.46. The van der Waals surface area contributed by atoms with E-state index in [1.54, 1.807) is 25.3 Å². The molecule has 7 nitrogen and oxygen atoms in total. The summed E-state index contributed by atoms with van der Waals surface area (Å²) in [6, 6.07) is 6.72. The molecule has 2 rings (SSSR count). The molecule has 22 heavy (non-hydrogen) atoms. The first-order valence-electron chi connectivity index (χ1n) is 5.90. The minimum atomic E-state index is -0.696. The molecule has 0 N–H and O–H groups in total. The first kappa shape index (κ1) is 16.0. The fraction of sp³-hybridized carbons (Fsp3) is 0.154.